The largest absolute Gasteiger partial charge is 0.319 e. The molecule has 2 rings (SSSR count). The molecule has 3 heteroatoms. The summed E-state index contributed by atoms with van der Waals surface area (Å²) in [4.78, 5) is 14.7. The zero-order valence-electron chi connectivity index (χ0n) is 14.6. The van der Waals surface area contributed by atoms with Crippen LogP contribution >= 0.6 is 0 Å². The number of rotatable bonds is 8. The highest BCUT2D eigenvalue weighted by Gasteiger charge is 2.18. The number of hydrogen-bond donors (Lipinski definition) is 1. The molecule has 2 aromatic carbocycles. The maximum Gasteiger partial charge on any atom is 0.228 e. The Labute approximate surface area is 145 Å². The van der Waals surface area contributed by atoms with Gasteiger partial charge in [-0.2, -0.15) is 0 Å². The number of hydrogen-bond acceptors (Lipinski definition) is 2. The van der Waals surface area contributed by atoms with Crippen LogP contribution in [-0.4, -0.2) is 19.5 Å². The Morgan fingerprint density at radius 2 is 1.79 bits per heavy atom. The highest BCUT2D eigenvalue weighted by Crippen LogP contribution is 2.25. The number of nitrogens with zero attached hydrogens (tertiary/aromatic N) is 1. The number of anilines is 1. The SMILES string of the molecule is C=Cc1ccccc1CN(C(=O)CCNC)c1ccccc1CC. The molecule has 0 saturated heterocycles. The third-order valence-electron chi connectivity index (χ3n) is 4.16. The highest BCUT2D eigenvalue weighted by molar-refractivity contribution is 5.94. The van der Waals surface area contributed by atoms with Crippen LogP contribution in [0.15, 0.2) is 55.1 Å². The maximum atomic E-state index is 12.8. The van der Waals surface area contributed by atoms with Crippen LogP contribution in [0.3, 0.4) is 0 Å². The van der Waals surface area contributed by atoms with Crippen LogP contribution in [0.25, 0.3) is 6.08 Å². The quantitative estimate of drug-likeness (QED) is 0.795. The highest BCUT2D eigenvalue weighted by atomic mass is 16.2. The van der Waals surface area contributed by atoms with E-state index in [1.54, 1.807) is 0 Å². The van der Waals surface area contributed by atoms with Gasteiger partial charge in [0.25, 0.3) is 0 Å². The van der Waals surface area contributed by atoms with E-state index in [-0.39, 0.29) is 5.91 Å². The lowest BCUT2D eigenvalue weighted by molar-refractivity contribution is -0.118. The average molecular weight is 322 g/mol. The lowest BCUT2D eigenvalue weighted by Gasteiger charge is -2.26. The summed E-state index contributed by atoms with van der Waals surface area (Å²) in [6.45, 7) is 7.23. The number of carbonyl (C=O) groups is 1. The smallest absolute Gasteiger partial charge is 0.228 e. The molecule has 24 heavy (non-hydrogen) atoms. The molecule has 0 saturated carbocycles. The van der Waals surface area contributed by atoms with E-state index in [4.69, 9.17) is 0 Å². The van der Waals surface area contributed by atoms with E-state index < -0.39 is 0 Å². The molecule has 0 aliphatic rings. The first-order valence-corrected chi connectivity index (χ1v) is 8.44. The summed E-state index contributed by atoms with van der Waals surface area (Å²) >= 11 is 0. The topological polar surface area (TPSA) is 32.3 Å². The van der Waals surface area contributed by atoms with Gasteiger partial charge >= 0.3 is 0 Å². The maximum absolute atomic E-state index is 12.8. The molecule has 1 N–H and O–H groups in total. The van der Waals surface area contributed by atoms with Gasteiger partial charge in [-0.05, 0) is 36.2 Å². The van der Waals surface area contributed by atoms with Gasteiger partial charge in [0.1, 0.15) is 0 Å². The number of carbonyl (C=O) groups excluding carboxylic acids is 1. The van der Waals surface area contributed by atoms with E-state index in [0.29, 0.717) is 19.5 Å². The van der Waals surface area contributed by atoms with Crippen LogP contribution in [0.4, 0.5) is 5.69 Å². The Hall–Kier alpha value is -2.39. The number of amides is 1. The van der Waals surface area contributed by atoms with Crippen LogP contribution in [-0.2, 0) is 17.8 Å². The van der Waals surface area contributed by atoms with E-state index in [1.165, 1.54) is 5.56 Å². The summed E-state index contributed by atoms with van der Waals surface area (Å²) < 4.78 is 0. The van der Waals surface area contributed by atoms with Gasteiger partial charge in [0, 0.05) is 18.7 Å². The Morgan fingerprint density at radius 1 is 1.12 bits per heavy atom. The van der Waals surface area contributed by atoms with Gasteiger partial charge in [0.05, 0.1) is 6.54 Å². The van der Waals surface area contributed by atoms with Crippen molar-refractivity contribution in [2.75, 3.05) is 18.5 Å². The van der Waals surface area contributed by atoms with Crippen LogP contribution < -0.4 is 10.2 Å². The zero-order chi connectivity index (χ0) is 17.4. The summed E-state index contributed by atoms with van der Waals surface area (Å²) in [5.74, 6) is 0.129. The molecule has 126 valence electrons. The Balaban J connectivity index is 2.39. The predicted molar refractivity (Wildman–Crippen MR) is 102 cm³/mol. The molecule has 0 heterocycles. The first-order chi connectivity index (χ1) is 11.7. The van der Waals surface area contributed by atoms with Gasteiger partial charge in [-0.15, -0.1) is 0 Å². The minimum Gasteiger partial charge on any atom is -0.319 e. The second kappa shape index (κ2) is 9.04. The fourth-order valence-corrected chi connectivity index (χ4v) is 2.80. The van der Waals surface area contributed by atoms with Crippen molar-refractivity contribution in [3.63, 3.8) is 0 Å². The van der Waals surface area contributed by atoms with Crippen molar-refractivity contribution in [1.82, 2.24) is 5.32 Å². The molecular formula is C21H26N2O. The monoisotopic (exact) mass is 322 g/mol. The standard InChI is InChI=1S/C21H26N2O/c1-4-17-10-6-7-12-19(17)16-23(21(24)14-15-22-3)20-13-9-8-11-18(20)5-2/h4,6-13,22H,1,5,14-16H2,2-3H3. The third kappa shape index (κ3) is 4.33. The summed E-state index contributed by atoms with van der Waals surface area (Å²) in [6.07, 6.45) is 3.22. The van der Waals surface area contributed by atoms with Gasteiger partial charge in [0.2, 0.25) is 5.91 Å². The first kappa shape index (κ1) is 18.0. The molecule has 0 unspecified atom stereocenters. The zero-order valence-corrected chi connectivity index (χ0v) is 14.6. The van der Waals surface area contributed by atoms with Crippen molar-refractivity contribution in [2.45, 2.75) is 26.3 Å². The molecule has 0 radical (unpaired) electrons. The van der Waals surface area contributed by atoms with Crippen LogP contribution in [0.5, 0.6) is 0 Å². The van der Waals surface area contributed by atoms with Crippen molar-refractivity contribution in [2.24, 2.45) is 0 Å². The number of nitrogens with one attached hydrogen (secondary N) is 1. The summed E-state index contributed by atoms with van der Waals surface area (Å²) in [7, 11) is 1.87. The van der Waals surface area contributed by atoms with Crippen molar-refractivity contribution in [3.8, 4) is 0 Å². The molecule has 0 aromatic heterocycles. The fraction of sp³-hybridized carbons (Fsp3) is 0.286. The van der Waals surface area contributed by atoms with E-state index >= 15 is 0 Å². The molecule has 3 nitrogen and oxygen atoms in total. The second-order valence-electron chi connectivity index (χ2n) is 5.72. The minimum atomic E-state index is 0.129. The Kier molecular flexibility index (Phi) is 6.76. The van der Waals surface area contributed by atoms with E-state index in [1.807, 2.05) is 54.4 Å². The third-order valence-corrected chi connectivity index (χ3v) is 4.16. The van der Waals surface area contributed by atoms with Crippen LogP contribution in [0, 0.1) is 0 Å². The lowest BCUT2D eigenvalue weighted by atomic mass is 10.0. The Bertz CT molecular complexity index is 694. The lowest BCUT2D eigenvalue weighted by Crippen LogP contribution is -2.33. The molecule has 1 amide bonds. The molecular weight excluding hydrogens is 296 g/mol. The molecule has 0 fully saturated rings. The number of benzene rings is 2. The normalized spacial score (nSPS) is 10.4. The predicted octanol–water partition coefficient (Wildman–Crippen LogP) is 4.03. The minimum absolute atomic E-state index is 0.129. The first-order valence-electron chi connectivity index (χ1n) is 8.44. The molecule has 0 atom stereocenters. The van der Waals surface area contributed by atoms with Gasteiger partial charge in [0.15, 0.2) is 0 Å². The van der Waals surface area contributed by atoms with E-state index in [9.17, 15) is 4.79 Å². The van der Waals surface area contributed by atoms with E-state index in [2.05, 4.69) is 31.0 Å². The summed E-state index contributed by atoms with van der Waals surface area (Å²) in [5.41, 5.74) is 4.36. The van der Waals surface area contributed by atoms with Crippen molar-refractivity contribution in [1.29, 1.82) is 0 Å². The molecule has 0 bridgehead atoms. The van der Waals surface area contributed by atoms with Gasteiger partial charge in [-0.25, -0.2) is 0 Å². The summed E-state index contributed by atoms with van der Waals surface area (Å²) in [5, 5.41) is 3.06. The van der Waals surface area contributed by atoms with Crippen molar-refractivity contribution >= 4 is 17.7 Å². The van der Waals surface area contributed by atoms with E-state index in [0.717, 1.165) is 23.2 Å². The van der Waals surface area contributed by atoms with Crippen molar-refractivity contribution in [3.05, 3.63) is 71.8 Å². The fourth-order valence-electron chi connectivity index (χ4n) is 2.80. The molecule has 2 aromatic rings. The molecule has 0 aliphatic carbocycles. The number of para-hydroxylation sites is 1. The van der Waals surface area contributed by atoms with Crippen molar-refractivity contribution < 1.29 is 4.79 Å². The van der Waals surface area contributed by atoms with Gasteiger partial charge < -0.3 is 10.2 Å². The average Bonchev–Trinajstić information content (AvgIpc) is 2.64. The van der Waals surface area contributed by atoms with Crippen LogP contribution in [0.2, 0.25) is 0 Å². The van der Waals surface area contributed by atoms with Gasteiger partial charge in [-0.3, -0.25) is 4.79 Å². The van der Waals surface area contributed by atoms with Crippen LogP contribution in [0.1, 0.15) is 30.0 Å². The number of aryl methyl sites for hydroxylation is 1. The molecule has 0 aliphatic heterocycles. The Morgan fingerprint density at radius 3 is 2.46 bits per heavy atom. The molecule has 0 spiro atoms. The summed E-state index contributed by atoms with van der Waals surface area (Å²) in [6, 6.07) is 16.2. The second-order valence-corrected chi connectivity index (χ2v) is 5.72. The van der Waals surface area contributed by atoms with Gasteiger partial charge in [-0.1, -0.05) is 62.0 Å².